The minimum Gasteiger partial charge on any atom is -0.494 e. The standard InChI is InChI=1S/C21H17F2N3O3S/c1-29-19-11-8-14(12-18(19)23)25-21(28)26(30)15-9-6-13(7-10-15)24-20(27)16-4-2-3-5-17(16)22/h2-12,30H,1H3,(H,24,27)(H,25,28). The smallest absolute Gasteiger partial charge is 0.336 e. The van der Waals surface area contributed by atoms with E-state index in [4.69, 9.17) is 4.74 Å². The molecular formula is C21H17F2N3O3S. The van der Waals surface area contributed by atoms with Gasteiger partial charge in [-0.1, -0.05) is 24.9 Å². The molecule has 0 atom stereocenters. The molecule has 3 rings (SSSR count). The van der Waals surface area contributed by atoms with Crippen LogP contribution in [-0.4, -0.2) is 19.0 Å². The van der Waals surface area contributed by atoms with E-state index in [1.54, 1.807) is 6.07 Å². The normalized spacial score (nSPS) is 10.3. The molecule has 3 amide bonds. The first kappa shape index (κ1) is 21.1. The largest absolute Gasteiger partial charge is 0.494 e. The van der Waals surface area contributed by atoms with Crippen LogP contribution >= 0.6 is 12.8 Å². The molecule has 6 nitrogen and oxygen atoms in total. The van der Waals surface area contributed by atoms with E-state index in [0.717, 1.165) is 10.4 Å². The number of nitrogens with one attached hydrogen (secondary N) is 2. The molecule has 0 unspecified atom stereocenters. The fourth-order valence-corrected chi connectivity index (χ4v) is 2.75. The Hall–Kier alpha value is -3.59. The maximum Gasteiger partial charge on any atom is 0.336 e. The van der Waals surface area contributed by atoms with Crippen molar-refractivity contribution < 1.29 is 23.1 Å². The SMILES string of the molecule is COc1ccc(NC(=O)N(S)c2ccc(NC(=O)c3ccccc3F)cc2)cc1F. The Kier molecular flexibility index (Phi) is 6.53. The van der Waals surface area contributed by atoms with Gasteiger partial charge in [-0.3, -0.25) is 4.79 Å². The molecule has 0 aliphatic rings. The van der Waals surface area contributed by atoms with Crippen LogP contribution in [0.25, 0.3) is 0 Å². The lowest BCUT2D eigenvalue weighted by molar-refractivity contribution is 0.102. The third-order valence-electron chi connectivity index (χ3n) is 4.08. The van der Waals surface area contributed by atoms with E-state index in [1.165, 1.54) is 61.7 Å². The Morgan fingerprint density at radius 2 is 1.57 bits per heavy atom. The van der Waals surface area contributed by atoms with E-state index in [1.807, 2.05) is 0 Å². The Balaban J connectivity index is 1.65. The van der Waals surface area contributed by atoms with E-state index in [2.05, 4.69) is 23.4 Å². The quantitative estimate of drug-likeness (QED) is 0.494. The number of benzene rings is 3. The van der Waals surface area contributed by atoms with Crippen molar-refractivity contribution in [1.82, 2.24) is 0 Å². The lowest BCUT2D eigenvalue weighted by Gasteiger charge is -2.17. The molecule has 0 heterocycles. The van der Waals surface area contributed by atoms with Gasteiger partial charge in [-0.25, -0.2) is 17.9 Å². The summed E-state index contributed by atoms with van der Waals surface area (Å²) in [5, 5.41) is 5.09. The third-order valence-corrected chi connectivity index (χ3v) is 4.50. The summed E-state index contributed by atoms with van der Waals surface area (Å²) in [4.78, 5) is 24.5. The maximum atomic E-state index is 13.8. The van der Waals surface area contributed by atoms with Gasteiger partial charge >= 0.3 is 6.03 Å². The number of ether oxygens (including phenoxy) is 1. The summed E-state index contributed by atoms with van der Waals surface area (Å²) in [7, 11) is 1.34. The van der Waals surface area contributed by atoms with Gasteiger partial charge in [0.1, 0.15) is 5.82 Å². The molecule has 0 fully saturated rings. The van der Waals surface area contributed by atoms with Crippen molar-refractivity contribution in [3.63, 3.8) is 0 Å². The van der Waals surface area contributed by atoms with Gasteiger partial charge in [0.2, 0.25) is 0 Å². The molecule has 2 N–H and O–H groups in total. The minimum atomic E-state index is -0.625. The number of anilines is 3. The number of halogens is 2. The molecule has 0 bridgehead atoms. The van der Waals surface area contributed by atoms with Gasteiger partial charge in [-0.2, -0.15) is 0 Å². The van der Waals surface area contributed by atoms with E-state index < -0.39 is 23.6 Å². The first-order chi connectivity index (χ1) is 14.4. The van der Waals surface area contributed by atoms with Crippen LogP contribution in [0.2, 0.25) is 0 Å². The molecule has 0 aliphatic carbocycles. The lowest BCUT2D eigenvalue weighted by atomic mass is 10.2. The molecule has 3 aromatic carbocycles. The summed E-state index contributed by atoms with van der Waals surface area (Å²) < 4.78 is 33.3. The first-order valence-electron chi connectivity index (χ1n) is 8.68. The minimum absolute atomic E-state index is 0.0590. The van der Waals surface area contributed by atoms with Crippen LogP contribution in [0.4, 0.5) is 30.6 Å². The van der Waals surface area contributed by atoms with Gasteiger partial charge < -0.3 is 15.4 Å². The highest BCUT2D eigenvalue weighted by atomic mass is 32.1. The fraction of sp³-hybridized carbons (Fsp3) is 0.0476. The van der Waals surface area contributed by atoms with Crippen molar-refractivity contribution in [2.45, 2.75) is 0 Å². The highest BCUT2D eigenvalue weighted by molar-refractivity contribution is 7.82. The maximum absolute atomic E-state index is 13.8. The van der Waals surface area contributed by atoms with Gasteiger partial charge in [-0.15, -0.1) is 0 Å². The van der Waals surface area contributed by atoms with Gasteiger partial charge in [0.25, 0.3) is 5.91 Å². The number of thiol groups is 1. The second kappa shape index (κ2) is 9.27. The Labute approximate surface area is 177 Å². The summed E-state index contributed by atoms with van der Waals surface area (Å²) >= 11 is 4.15. The predicted molar refractivity (Wildman–Crippen MR) is 114 cm³/mol. The number of carbonyl (C=O) groups excluding carboxylic acids is 2. The van der Waals surface area contributed by atoms with Gasteiger partial charge in [0.15, 0.2) is 11.6 Å². The number of nitrogens with zero attached hydrogens (tertiary/aromatic N) is 1. The van der Waals surface area contributed by atoms with Gasteiger partial charge in [0.05, 0.1) is 18.4 Å². The number of rotatable bonds is 5. The molecule has 154 valence electrons. The predicted octanol–water partition coefficient (Wildman–Crippen LogP) is 5.11. The summed E-state index contributed by atoms with van der Waals surface area (Å²) in [6, 6.07) is 15.2. The summed E-state index contributed by atoms with van der Waals surface area (Å²) in [5.74, 6) is -1.78. The first-order valence-corrected chi connectivity index (χ1v) is 9.08. The third kappa shape index (κ3) is 4.87. The second-order valence-corrected chi connectivity index (χ2v) is 6.47. The Morgan fingerprint density at radius 1 is 0.900 bits per heavy atom. The van der Waals surface area contributed by atoms with Crippen LogP contribution in [0, 0.1) is 11.6 Å². The van der Waals surface area contributed by atoms with Gasteiger partial charge in [-0.05, 0) is 48.5 Å². The number of urea groups is 1. The zero-order chi connectivity index (χ0) is 21.7. The second-order valence-electron chi connectivity index (χ2n) is 6.07. The number of hydrogen-bond donors (Lipinski definition) is 3. The van der Waals surface area contributed by atoms with Crippen LogP contribution in [0.3, 0.4) is 0 Å². The molecule has 0 aromatic heterocycles. The van der Waals surface area contributed by atoms with Crippen molar-refractivity contribution >= 4 is 41.8 Å². The van der Waals surface area contributed by atoms with Gasteiger partial charge in [0, 0.05) is 17.4 Å². The number of methoxy groups -OCH3 is 1. The Morgan fingerprint density at radius 3 is 2.20 bits per heavy atom. The topological polar surface area (TPSA) is 70.7 Å². The number of carbonyl (C=O) groups is 2. The molecule has 30 heavy (non-hydrogen) atoms. The van der Waals surface area contributed by atoms with Crippen molar-refractivity contribution in [2.75, 3.05) is 22.0 Å². The number of hydrogen-bond acceptors (Lipinski definition) is 4. The highest BCUT2D eigenvalue weighted by Crippen LogP contribution is 2.24. The Bertz CT molecular complexity index is 1080. The van der Waals surface area contributed by atoms with Crippen LogP contribution in [0.15, 0.2) is 66.7 Å². The summed E-state index contributed by atoms with van der Waals surface area (Å²) in [6.45, 7) is 0. The average Bonchev–Trinajstić information content (AvgIpc) is 2.74. The van der Waals surface area contributed by atoms with E-state index in [9.17, 15) is 18.4 Å². The molecule has 3 aromatic rings. The van der Waals surface area contributed by atoms with Crippen molar-refractivity contribution in [3.05, 3.63) is 83.9 Å². The summed E-state index contributed by atoms with van der Waals surface area (Å²) in [6.07, 6.45) is 0. The van der Waals surface area contributed by atoms with Crippen molar-refractivity contribution in [3.8, 4) is 5.75 Å². The number of amides is 3. The molecule has 0 saturated carbocycles. The zero-order valence-corrected chi connectivity index (χ0v) is 16.6. The van der Waals surface area contributed by atoms with Crippen LogP contribution in [-0.2, 0) is 0 Å². The lowest BCUT2D eigenvalue weighted by Crippen LogP contribution is -2.26. The monoisotopic (exact) mass is 429 g/mol. The molecule has 0 spiro atoms. The molecular weight excluding hydrogens is 412 g/mol. The van der Waals surface area contributed by atoms with Crippen LogP contribution < -0.4 is 19.7 Å². The fourth-order valence-electron chi connectivity index (χ4n) is 2.57. The van der Waals surface area contributed by atoms with Crippen LogP contribution in [0.5, 0.6) is 5.75 Å². The average molecular weight is 429 g/mol. The van der Waals surface area contributed by atoms with E-state index >= 15 is 0 Å². The van der Waals surface area contributed by atoms with E-state index in [0.29, 0.717) is 11.4 Å². The molecule has 0 saturated heterocycles. The van der Waals surface area contributed by atoms with Crippen molar-refractivity contribution in [1.29, 1.82) is 0 Å². The van der Waals surface area contributed by atoms with Crippen LogP contribution in [0.1, 0.15) is 10.4 Å². The molecule has 0 aliphatic heterocycles. The summed E-state index contributed by atoms with van der Waals surface area (Å²) in [5.41, 5.74) is 0.953. The molecule has 0 radical (unpaired) electrons. The highest BCUT2D eigenvalue weighted by Gasteiger charge is 2.15. The molecule has 9 heteroatoms. The van der Waals surface area contributed by atoms with Crippen molar-refractivity contribution in [2.24, 2.45) is 0 Å². The van der Waals surface area contributed by atoms with E-state index in [-0.39, 0.29) is 17.0 Å². The zero-order valence-electron chi connectivity index (χ0n) is 15.7.